The van der Waals surface area contributed by atoms with Gasteiger partial charge in [0.15, 0.2) is 0 Å². The van der Waals surface area contributed by atoms with Crippen LogP contribution in [0.15, 0.2) is 42.5 Å². The summed E-state index contributed by atoms with van der Waals surface area (Å²) in [4.78, 5) is 11.1. The summed E-state index contributed by atoms with van der Waals surface area (Å²) in [6, 6.07) is 9.72. The van der Waals surface area contributed by atoms with E-state index in [0.717, 1.165) is 5.56 Å². The molecule has 86 valence electrons. The molecule has 0 aromatic heterocycles. The van der Waals surface area contributed by atoms with Crippen molar-refractivity contribution < 1.29 is 9.53 Å². The number of benzene rings is 1. The fourth-order valence-electron chi connectivity index (χ4n) is 1.21. The van der Waals surface area contributed by atoms with Crippen LogP contribution in [-0.2, 0) is 9.53 Å². The third kappa shape index (κ3) is 4.07. The lowest BCUT2D eigenvalue weighted by Gasteiger charge is -2.10. The standard InChI is InChI=1S/C13H15ClO2/c1-10(2)13(15)16-9-8-12(14)11-6-4-3-5-7-11/h3-7,12H,1,8-9H2,2H3. The number of ether oxygens (including phenoxy) is 1. The maximum Gasteiger partial charge on any atom is 0.333 e. The zero-order chi connectivity index (χ0) is 12.0. The van der Waals surface area contributed by atoms with Crippen molar-refractivity contribution in [3.05, 3.63) is 48.0 Å². The molecule has 0 fully saturated rings. The van der Waals surface area contributed by atoms with Crippen molar-refractivity contribution in [2.45, 2.75) is 18.7 Å². The van der Waals surface area contributed by atoms with Gasteiger partial charge in [0.25, 0.3) is 0 Å². The fraction of sp³-hybridized carbons (Fsp3) is 0.308. The van der Waals surface area contributed by atoms with Crippen molar-refractivity contribution in [1.29, 1.82) is 0 Å². The van der Waals surface area contributed by atoms with Gasteiger partial charge in [0, 0.05) is 12.0 Å². The van der Waals surface area contributed by atoms with Crippen molar-refractivity contribution >= 4 is 17.6 Å². The molecule has 2 nitrogen and oxygen atoms in total. The molecule has 0 saturated heterocycles. The lowest BCUT2D eigenvalue weighted by molar-refractivity contribution is -0.139. The van der Waals surface area contributed by atoms with Gasteiger partial charge in [-0.15, -0.1) is 11.6 Å². The van der Waals surface area contributed by atoms with Gasteiger partial charge in [0.2, 0.25) is 0 Å². The Bertz CT molecular complexity index is 359. The van der Waals surface area contributed by atoms with Gasteiger partial charge in [-0.05, 0) is 12.5 Å². The number of carbonyl (C=O) groups is 1. The molecule has 1 atom stereocenters. The van der Waals surface area contributed by atoms with Gasteiger partial charge < -0.3 is 4.74 Å². The SMILES string of the molecule is C=C(C)C(=O)OCCC(Cl)c1ccccc1. The van der Waals surface area contributed by atoms with Crippen LogP contribution in [0, 0.1) is 0 Å². The molecule has 1 rings (SSSR count). The van der Waals surface area contributed by atoms with E-state index in [-0.39, 0.29) is 11.3 Å². The molecule has 0 aliphatic carbocycles. The lowest BCUT2D eigenvalue weighted by Crippen LogP contribution is -2.07. The highest BCUT2D eigenvalue weighted by atomic mass is 35.5. The van der Waals surface area contributed by atoms with Crippen LogP contribution in [0.4, 0.5) is 0 Å². The monoisotopic (exact) mass is 238 g/mol. The van der Waals surface area contributed by atoms with Gasteiger partial charge in [0.1, 0.15) is 0 Å². The Balaban J connectivity index is 2.34. The number of rotatable bonds is 5. The van der Waals surface area contributed by atoms with E-state index in [2.05, 4.69) is 6.58 Å². The molecule has 1 aromatic carbocycles. The summed E-state index contributed by atoms with van der Waals surface area (Å²) < 4.78 is 4.97. The van der Waals surface area contributed by atoms with Crippen molar-refractivity contribution in [2.24, 2.45) is 0 Å². The first kappa shape index (κ1) is 12.8. The summed E-state index contributed by atoms with van der Waals surface area (Å²) in [6.07, 6.45) is 0.602. The van der Waals surface area contributed by atoms with E-state index in [1.54, 1.807) is 6.92 Å². The van der Waals surface area contributed by atoms with E-state index in [0.29, 0.717) is 18.6 Å². The second-order valence-electron chi connectivity index (χ2n) is 3.58. The van der Waals surface area contributed by atoms with Gasteiger partial charge in [-0.1, -0.05) is 36.9 Å². The minimum Gasteiger partial charge on any atom is -0.462 e. The molecule has 1 aromatic rings. The fourth-order valence-corrected chi connectivity index (χ4v) is 1.44. The second-order valence-corrected chi connectivity index (χ2v) is 4.11. The first-order valence-electron chi connectivity index (χ1n) is 5.13. The van der Waals surface area contributed by atoms with Gasteiger partial charge in [-0.3, -0.25) is 0 Å². The zero-order valence-electron chi connectivity index (χ0n) is 9.28. The maximum atomic E-state index is 11.1. The van der Waals surface area contributed by atoms with Crippen molar-refractivity contribution in [1.82, 2.24) is 0 Å². The summed E-state index contributed by atoms with van der Waals surface area (Å²) in [5.41, 5.74) is 1.45. The molecule has 0 radical (unpaired) electrons. The van der Waals surface area contributed by atoms with Gasteiger partial charge >= 0.3 is 5.97 Å². The summed E-state index contributed by atoms with van der Waals surface area (Å²) in [5, 5.41) is -0.126. The molecular weight excluding hydrogens is 224 g/mol. The number of hydrogen-bond donors (Lipinski definition) is 0. The Morgan fingerprint density at radius 1 is 1.44 bits per heavy atom. The van der Waals surface area contributed by atoms with Crippen molar-refractivity contribution in [3.63, 3.8) is 0 Å². The van der Waals surface area contributed by atoms with E-state index in [9.17, 15) is 4.79 Å². The molecule has 0 aliphatic rings. The number of hydrogen-bond acceptors (Lipinski definition) is 2. The highest BCUT2D eigenvalue weighted by Gasteiger charge is 2.09. The van der Waals surface area contributed by atoms with Gasteiger partial charge in [-0.2, -0.15) is 0 Å². The Morgan fingerprint density at radius 3 is 2.62 bits per heavy atom. The summed E-state index contributed by atoms with van der Waals surface area (Å²) in [7, 11) is 0. The number of carbonyl (C=O) groups excluding carboxylic acids is 1. The molecule has 1 unspecified atom stereocenters. The topological polar surface area (TPSA) is 26.3 Å². The minimum absolute atomic E-state index is 0.126. The van der Waals surface area contributed by atoms with E-state index in [4.69, 9.17) is 16.3 Å². The highest BCUT2D eigenvalue weighted by Crippen LogP contribution is 2.23. The molecule has 0 aliphatic heterocycles. The molecule has 0 bridgehead atoms. The molecular formula is C13H15ClO2. The van der Waals surface area contributed by atoms with E-state index in [1.165, 1.54) is 0 Å². The zero-order valence-corrected chi connectivity index (χ0v) is 10.0. The molecule has 0 heterocycles. The smallest absolute Gasteiger partial charge is 0.333 e. The maximum absolute atomic E-state index is 11.1. The first-order valence-corrected chi connectivity index (χ1v) is 5.56. The van der Waals surface area contributed by atoms with E-state index < -0.39 is 0 Å². The largest absolute Gasteiger partial charge is 0.462 e. The van der Waals surface area contributed by atoms with Crippen LogP contribution in [0.3, 0.4) is 0 Å². The summed E-state index contributed by atoms with van der Waals surface area (Å²) >= 11 is 6.16. The Labute approximate surface area is 101 Å². The van der Waals surface area contributed by atoms with Crippen LogP contribution in [-0.4, -0.2) is 12.6 Å². The van der Waals surface area contributed by atoms with Gasteiger partial charge in [-0.25, -0.2) is 4.79 Å². The lowest BCUT2D eigenvalue weighted by atomic mass is 10.1. The quantitative estimate of drug-likeness (QED) is 0.446. The van der Waals surface area contributed by atoms with Gasteiger partial charge in [0.05, 0.1) is 12.0 Å². The third-order valence-corrected chi connectivity index (χ3v) is 2.58. The average molecular weight is 239 g/mol. The molecule has 3 heteroatoms. The van der Waals surface area contributed by atoms with Crippen LogP contribution in [0.25, 0.3) is 0 Å². The van der Waals surface area contributed by atoms with E-state index in [1.807, 2.05) is 30.3 Å². The number of esters is 1. The Morgan fingerprint density at radius 2 is 2.06 bits per heavy atom. The Kier molecular flexibility index (Phi) is 5.06. The van der Waals surface area contributed by atoms with Crippen LogP contribution >= 0.6 is 11.6 Å². The highest BCUT2D eigenvalue weighted by molar-refractivity contribution is 6.20. The van der Waals surface area contributed by atoms with E-state index >= 15 is 0 Å². The first-order chi connectivity index (χ1) is 7.61. The normalized spacial score (nSPS) is 11.9. The van der Waals surface area contributed by atoms with Crippen molar-refractivity contribution in [2.75, 3.05) is 6.61 Å². The van der Waals surface area contributed by atoms with Crippen LogP contribution in [0.1, 0.15) is 24.3 Å². The second kappa shape index (κ2) is 6.33. The molecule has 0 N–H and O–H groups in total. The number of halogens is 1. The van der Waals surface area contributed by atoms with Crippen LogP contribution < -0.4 is 0 Å². The number of alkyl halides is 1. The summed E-state index contributed by atoms with van der Waals surface area (Å²) in [6.45, 7) is 5.44. The van der Waals surface area contributed by atoms with Crippen molar-refractivity contribution in [3.8, 4) is 0 Å². The van der Waals surface area contributed by atoms with Crippen LogP contribution in [0.2, 0.25) is 0 Å². The van der Waals surface area contributed by atoms with Crippen LogP contribution in [0.5, 0.6) is 0 Å². The molecule has 0 amide bonds. The Hall–Kier alpha value is -1.28. The third-order valence-electron chi connectivity index (χ3n) is 2.11. The molecule has 0 saturated carbocycles. The average Bonchev–Trinajstić information content (AvgIpc) is 2.29. The minimum atomic E-state index is -0.364. The molecule has 0 spiro atoms. The predicted molar refractivity (Wildman–Crippen MR) is 65.4 cm³/mol. The molecule has 16 heavy (non-hydrogen) atoms. The summed E-state index contributed by atoms with van der Waals surface area (Å²) in [5.74, 6) is -0.364. The predicted octanol–water partition coefficient (Wildman–Crippen LogP) is 3.48.